The van der Waals surface area contributed by atoms with Crippen LogP contribution in [0.3, 0.4) is 0 Å². The molecular formula is C23H24F6O4. The maximum absolute atomic E-state index is 13.2. The molecule has 1 aromatic rings. The van der Waals surface area contributed by atoms with Gasteiger partial charge in [-0.25, -0.2) is 0 Å². The third-order valence-corrected chi connectivity index (χ3v) is 5.72. The van der Waals surface area contributed by atoms with Crippen molar-refractivity contribution in [2.24, 2.45) is 11.8 Å². The number of carbonyl (C=O) groups excluding carboxylic acids is 2. The number of aliphatic carboxylic acids is 1. The van der Waals surface area contributed by atoms with E-state index < -0.39 is 46.7 Å². The SMILES string of the molecule is O=C(O)CCCCCC[C@@H]1C(=O)CC[C@H]1C=CC(=O)c1cc(C(F)(F)F)ccc1C(F)(F)F. The maximum Gasteiger partial charge on any atom is 0.417 e. The Morgan fingerprint density at radius 3 is 2.27 bits per heavy atom. The van der Waals surface area contributed by atoms with Gasteiger partial charge in [-0.3, -0.25) is 14.4 Å². The minimum Gasteiger partial charge on any atom is -0.481 e. The van der Waals surface area contributed by atoms with Crippen molar-refractivity contribution in [1.29, 1.82) is 0 Å². The number of carbonyl (C=O) groups is 3. The number of hydrogen-bond donors (Lipinski definition) is 1. The second-order valence-electron chi connectivity index (χ2n) is 8.10. The number of alkyl halides is 6. The first kappa shape index (κ1) is 26.6. The average Bonchev–Trinajstić information content (AvgIpc) is 3.06. The lowest BCUT2D eigenvalue weighted by atomic mass is 9.89. The molecule has 1 saturated carbocycles. The molecule has 1 fully saturated rings. The summed E-state index contributed by atoms with van der Waals surface area (Å²) in [5.74, 6) is -2.93. The first-order valence-electron chi connectivity index (χ1n) is 10.6. The Kier molecular flexibility index (Phi) is 8.85. The van der Waals surface area contributed by atoms with Gasteiger partial charge in [0.05, 0.1) is 11.1 Å². The van der Waals surface area contributed by atoms with Gasteiger partial charge in [-0.05, 0) is 49.5 Å². The van der Waals surface area contributed by atoms with Crippen LogP contribution in [0.4, 0.5) is 26.3 Å². The molecule has 0 bridgehead atoms. The quantitative estimate of drug-likeness (QED) is 0.181. The fourth-order valence-corrected chi connectivity index (χ4v) is 4.01. The van der Waals surface area contributed by atoms with E-state index in [0.717, 1.165) is 6.08 Å². The van der Waals surface area contributed by atoms with E-state index in [9.17, 15) is 40.7 Å². The van der Waals surface area contributed by atoms with Gasteiger partial charge < -0.3 is 5.11 Å². The first-order valence-corrected chi connectivity index (χ1v) is 10.6. The third kappa shape index (κ3) is 7.71. The van der Waals surface area contributed by atoms with Gasteiger partial charge in [0, 0.05) is 24.3 Å². The number of carboxylic acid groups (broad SMARTS) is 1. The van der Waals surface area contributed by atoms with Crippen molar-refractivity contribution >= 4 is 17.5 Å². The van der Waals surface area contributed by atoms with Gasteiger partial charge >= 0.3 is 18.3 Å². The summed E-state index contributed by atoms with van der Waals surface area (Å²) in [5, 5.41) is 8.62. The molecule has 182 valence electrons. The van der Waals surface area contributed by atoms with Crippen LogP contribution in [0.25, 0.3) is 0 Å². The summed E-state index contributed by atoms with van der Waals surface area (Å²) in [5.41, 5.74) is -3.90. The number of benzene rings is 1. The Hall–Kier alpha value is -2.65. The topological polar surface area (TPSA) is 71.4 Å². The molecule has 2 atom stereocenters. The predicted molar refractivity (Wildman–Crippen MR) is 106 cm³/mol. The van der Waals surface area contributed by atoms with Gasteiger partial charge in [-0.2, -0.15) is 26.3 Å². The number of ketones is 2. The summed E-state index contributed by atoms with van der Waals surface area (Å²) < 4.78 is 78.5. The molecule has 0 unspecified atom stereocenters. The molecule has 2 rings (SSSR count). The van der Waals surface area contributed by atoms with Gasteiger partial charge in [-0.1, -0.05) is 25.3 Å². The summed E-state index contributed by atoms with van der Waals surface area (Å²) in [6.07, 6.45) is -3.98. The molecule has 0 saturated heterocycles. The summed E-state index contributed by atoms with van der Waals surface area (Å²) in [7, 11) is 0. The zero-order valence-electron chi connectivity index (χ0n) is 17.6. The summed E-state index contributed by atoms with van der Waals surface area (Å²) in [6.45, 7) is 0. The monoisotopic (exact) mass is 478 g/mol. The minimum atomic E-state index is -5.00. The van der Waals surface area contributed by atoms with Crippen molar-refractivity contribution in [3.63, 3.8) is 0 Å². The van der Waals surface area contributed by atoms with Crippen LogP contribution in [0.15, 0.2) is 30.4 Å². The zero-order valence-corrected chi connectivity index (χ0v) is 17.6. The fourth-order valence-electron chi connectivity index (χ4n) is 4.01. The average molecular weight is 478 g/mol. The lowest BCUT2D eigenvalue weighted by molar-refractivity contribution is -0.141. The Morgan fingerprint density at radius 1 is 1.00 bits per heavy atom. The van der Waals surface area contributed by atoms with Crippen LogP contribution in [-0.2, 0) is 21.9 Å². The van der Waals surface area contributed by atoms with Crippen molar-refractivity contribution in [3.05, 3.63) is 47.0 Å². The maximum atomic E-state index is 13.2. The van der Waals surface area contributed by atoms with Gasteiger partial charge in [0.25, 0.3) is 0 Å². The fraction of sp³-hybridized carbons (Fsp3) is 0.522. The highest BCUT2D eigenvalue weighted by Crippen LogP contribution is 2.38. The van der Waals surface area contributed by atoms with Crippen LogP contribution in [0.1, 0.15) is 72.9 Å². The van der Waals surface area contributed by atoms with Gasteiger partial charge in [0.2, 0.25) is 0 Å². The van der Waals surface area contributed by atoms with Gasteiger partial charge in [0.15, 0.2) is 5.78 Å². The molecule has 0 spiro atoms. The number of unbranched alkanes of at least 4 members (excludes halogenated alkanes) is 3. The van der Waals surface area contributed by atoms with Crippen molar-refractivity contribution < 1.29 is 45.8 Å². The molecule has 0 aromatic heterocycles. The summed E-state index contributed by atoms with van der Waals surface area (Å²) >= 11 is 0. The number of halogens is 6. The van der Waals surface area contributed by atoms with E-state index in [0.29, 0.717) is 38.5 Å². The molecule has 1 N–H and O–H groups in total. The standard InChI is InChI=1S/C23H24F6O4/c24-22(25,26)15-9-10-18(23(27,28)29)17(13-15)20(31)12-8-14-7-11-19(30)16(14)5-3-1-2-4-6-21(32)33/h8-10,12-14,16H,1-7,11H2,(H,32,33)/t14-,16-/m0/s1. The Bertz CT molecular complexity index is 901. The Labute approximate surface area is 186 Å². The number of Topliss-reactive ketones (excluding diaryl/α,β-unsaturated/α-hetero) is 1. The number of rotatable bonds is 10. The molecule has 0 radical (unpaired) electrons. The number of hydrogen-bond acceptors (Lipinski definition) is 3. The van der Waals surface area contributed by atoms with Crippen LogP contribution in [0.2, 0.25) is 0 Å². The van der Waals surface area contributed by atoms with E-state index >= 15 is 0 Å². The summed E-state index contributed by atoms with van der Waals surface area (Å²) in [6, 6.07) is 0.728. The first-order chi connectivity index (χ1) is 15.3. The molecule has 33 heavy (non-hydrogen) atoms. The van der Waals surface area contributed by atoms with Crippen molar-refractivity contribution in [3.8, 4) is 0 Å². The van der Waals surface area contributed by atoms with Crippen molar-refractivity contribution in [2.75, 3.05) is 0 Å². The molecule has 1 aliphatic carbocycles. The van der Waals surface area contributed by atoms with Crippen LogP contribution in [0.5, 0.6) is 0 Å². The lowest BCUT2D eigenvalue weighted by Crippen LogP contribution is -2.16. The molecule has 1 aliphatic rings. The molecule has 10 heteroatoms. The van der Waals surface area contributed by atoms with E-state index in [-0.39, 0.29) is 42.7 Å². The molecule has 0 aliphatic heterocycles. The van der Waals surface area contributed by atoms with Crippen LogP contribution in [-0.4, -0.2) is 22.6 Å². The normalized spacial score (nSPS) is 19.4. The Balaban J connectivity index is 2.10. The molecule has 0 amide bonds. The van der Waals surface area contributed by atoms with Crippen molar-refractivity contribution in [1.82, 2.24) is 0 Å². The molecule has 4 nitrogen and oxygen atoms in total. The highest BCUT2D eigenvalue weighted by atomic mass is 19.4. The van der Waals surface area contributed by atoms with E-state index in [1.165, 1.54) is 6.08 Å². The van der Waals surface area contributed by atoms with Crippen LogP contribution in [0, 0.1) is 11.8 Å². The van der Waals surface area contributed by atoms with Crippen LogP contribution >= 0.6 is 0 Å². The van der Waals surface area contributed by atoms with Crippen LogP contribution < -0.4 is 0 Å². The highest BCUT2D eigenvalue weighted by Gasteiger charge is 2.38. The van der Waals surface area contributed by atoms with E-state index in [1.54, 1.807) is 0 Å². The van der Waals surface area contributed by atoms with Gasteiger partial charge in [-0.15, -0.1) is 0 Å². The Morgan fingerprint density at radius 2 is 1.67 bits per heavy atom. The van der Waals surface area contributed by atoms with E-state index in [1.807, 2.05) is 0 Å². The van der Waals surface area contributed by atoms with E-state index in [2.05, 4.69) is 0 Å². The summed E-state index contributed by atoms with van der Waals surface area (Å²) in [4.78, 5) is 35.1. The number of allylic oxidation sites excluding steroid dienone is 2. The largest absolute Gasteiger partial charge is 0.481 e. The van der Waals surface area contributed by atoms with Gasteiger partial charge in [0.1, 0.15) is 5.78 Å². The second kappa shape index (κ2) is 11.0. The van der Waals surface area contributed by atoms with Crippen molar-refractivity contribution in [2.45, 2.75) is 63.7 Å². The number of carboxylic acids is 1. The smallest absolute Gasteiger partial charge is 0.417 e. The van der Waals surface area contributed by atoms with E-state index in [4.69, 9.17) is 5.11 Å². The zero-order chi connectivity index (χ0) is 24.8. The predicted octanol–water partition coefficient (Wildman–Crippen LogP) is 6.48. The molecular weight excluding hydrogens is 454 g/mol. The minimum absolute atomic E-state index is 0.0299. The molecule has 1 aromatic carbocycles. The molecule has 0 heterocycles. The lowest BCUT2D eigenvalue weighted by Gasteiger charge is -2.16. The third-order valence-electron chi connectivity index (χ3n) is 5.72. The second-order valence-corrected chi connectivity index (χ2v) is 8.10. The highest BCUT2D eigenvalue weighted by molar-refractivity contribution is 6.06.